The fourth-order valence-electron chi connectivity index (χ4n) is 2.28. The van der Waals surface area contributed by atoms with Crippen LogP contribution in [-0.4, -0.2) is 11.0 Å². The topological polar surface area (TPSA) is 50.9 Å². The maximum absolute atomic E-state index is 6.00. The number of pyridine rings is 1. The van der Waals surface area contributed by atoms with E-state index in [-0.39, 0.29) is 0 Å². The molecule has 0 radical (unpaired) electrons. The molecule has 88 valence electrons. The lowest BCUT2D eigenvalue weighted by Crippen LogP contribution is -2.26. The van der Waals surface area contributed by atoms with Crippen LogP contribution in [0.3, 0.4) is 0 Å². The van der Waals surface area contributed by atoms with E-state index in [4.69, 9.17) is 5.73 Å². The Morgan fingerprint density at radius 2 is 2.00 bits per heavy atom. The van der Waals surface area contributed by atoms with Crippen molar-refractivity contribution in [3.05, 3.63) is 17.8 Å². The van der Waals surface area contributed by atoms with Gasteiger partial charge in [-0.1, -0.05) is 6.92 Å². The molecule has 3 N–H and O–H groups in total. The zero-order valence-electron chi connectivity index (χ0n) is 10.2. The van der Waals surface area contributed by atoms with Crippen molar-refractivity contribution in [2.45, 2.75) is 45.6 Å². The molecular weight excluding hydrogens is 198 g/mol. The number of hydrogen-bond acceptors (Lipinski definition) is 3. The molecule has 1 aliphatic carbocycles. The molecular formula is C13H21N3. The zero-order chi connectivity index (χ0) is 11.5. The van der Waals surface area contributed by atoms with Gasteiger partial charge in [-0.05, 0) is 50.2 Å². The predicted molar refractivity (Wildman–Crippen MR) is 68.4 cm³/mol. The molecule has 0 aromatic carbocycles. The minimum absolute atomic E-state index is 0.549. The first-order valence-corrected chi connectivity index (χ1v) is 6.14. The van der Waals surface area contributed by atoms with E-state index in [2.05, 4.69) is 17.2 Å². The highest BCUT2D eigenvalue weighted by Gasteiger charge is 2.18. The Kier molecular flexibility index (Phi) is 3.32. The molecule has 1 heterocycles. The lowest BCUT2D eigenvalue weighted by Gasteiger charge is -2.27. The summed E-state index contributed by atoms with van der Waals surface area (Å²) in [6, 6.07) is 2.50. The van der Waals surface area contributed by atoms with Crippen molar-refractivity contribution in [2.75, 3.05) is 11.1 Å². The van der Waals surface area contributed by atoms with Crippen molar-refractivity contribution in [2.24, 2.45) is 5.92 Å². The van der Waals surface area contributed by atoms with Gasteiger partial charge in [-0.3, -0.25) is 0 Å². The van der Waals surface area contributed by atoms with Crippen LogP contribution in [0.5, 0.6) is 0 Å². The number of hydrogen-bond donors (Lipinski definition) is 2. The van der Waals surface area contributed by atoms with Crippen LogP contribution in [0.2, 0.25) is 0 Å². The molecule has 3 nitrogen and oxygen atoms in total. The average Bonchev–Trinajstić information content (AvgIpc) is 2.28. The van der Waals surface area contributed by atoms with Gasteiger partial charge in [0, 0.05) is 12.2 Å². The van der Waals surface area contributed by atoms with Crippen molar-refractivity contribution in [3.8, 4) is 0 Å². The van der Waals surface area contributed by atoms with Crippen molar-refractivity contribution < 1.29 is 0 Å². The Hall–Kier alpha value is -1.25. The van der Waals surface area contributed by atoms with Crippen molar-refractivity contribution >= 4 is 11.5 Å². The number of aromatic nitrogens is 1. The maximum Gasteiger partial charge on any atom is 0.149 e. The van der Waals surface area contributed by atoms with Crippen molar-refractivity contribution in [3.63, 3.8) is 0 Å². The van der Waals surface area contributed by atoms with Crippen LogP contribution in [-0.2, 0) is 0 Å². The van der Waals surface area contributed by atoms with Crippen LogP contribution in [0.4, 0.5) is 11.5 Å². The third-order valence-corrected chi connectivity index (χ3v) is 3.56. The summed E-state index contributed by atoms with van der Waals surface area (Å²) in [6.45, 7) is 4.35. The largest absolute Gasteiger partial charge is 0.396 e. The van der Waals surface area contributed by atoms with Crippen LogP contribution in [0.15, 0.2) is 12.3 Å². The first kappa shape index (κ1) is 11.2. The van der Waals surface area contributed by atoms with Gasteiger partial charge in [-0.2, -0.15) is 0 Å². The summed E-state index contributed by atoms with van der Waals surface area (Å²) in [5.41, 5.74) is 7.89. The van der Waals surface area contributed by atoms with Gasteiger partial charge < -0.3 is 11.1 Å². The Labute approximate surface area is 97.5 Å². The van der Waals surface area contributed by atoms with Gasteiger partial charge in [0.15, 0.2) is 0 Å². The molecule has 0 unspecified atom stereocenters. The zero-order valence-corrected chi connectivity index (χ0v) is 10.2. The van der Waals surface area contributed by atoms with Gasteiger partial charge in [0.2, 0.25) is 0 Å². The highest BCUT2D eigenvalue weighted by atomic mass is 15.0. The van der Waals surface area contributed by atoms with Crippen LogP contribution in [0.25, 0.3) is 0 Å². The third-order valence-electron chi connectivity index (χ3n) is 3.56. The summed E-state index contributed by atoms with van der Waals surface area (Å²) >= 11 is 0. The van der Waals surface area contributed by atoms with E-state index >= 15 is 0 Å². The Balaban J connectivity index is 2.01. The summed E-state index contributed by atoms with van der Waals surface area (Å²) in [4.78, 5) is 4.32. The van der Waals surface area contributed by atoms with E-state index in [1.807, 2.05) is 19.2 Å². The van der Waals surface area contributed by atoms with Gasteiger partial charge in [0.25, 0.3) is 0 Å². The second-order valence-corrected chi connectivity index (χ2v) is 4.99. The van der Waals surface area contributed by atoms with E-state index in [1.165, 1.54) is 25.7 Å². The van der Waals surface area contributed by atoms with E-state index in [9.17, 15) is 0 Å². The standard InChI is InChI=1S/C13H21N3/c1-9-3-5-11(6-4-9)16-13-12(14)10(2)7-8-15-13/h7-9,11H,3-6,14H2,1-2H3,(H,15,16). The summed E-state index contributed by atoms with van der Waals surface area (Å²) in [6.07, 6.45) is 6.90. The second kappa shape index (κ2) is 4.73. The quantitative estimate of drug-likeness (QED) is 0.804. The van der Waals surface area contributed by atoms with Gasteiger partial charge >= 0.3 is 0 Å². The van der Waals surface area contributed by atoms with Crippen molar-refractivity contribution in [1.29, 1.82) is 0 Å². The first-order valence-electron chi connectivity index (χ1n) is 6.14. The number of nitrogens with one attached hydrogen (secondary N) is 1. The molecule has 1 saturated carbocycles. The number of nitrogens with zero attached hydrogens (tertiary/aromatic N) is 1. The van der Waals surface area contributed by atoms with E-state index in [0.29, 0.717) is 6.04 Å². The highest BCUT2D eigenvalue weighted by molar-refractivity contribution is 5.65. The van der Waals surface area contributed by atoms with E-state index in [0.717, 1.165) is 23.0 Å². The molecule has 1 aromatic rings. The minimum Gasteiger partial charge on any atom is -0.396 e. The summed E-state index contributed by atoms with van der Waals surface area (Å²) in [5, 5.41) is 3.47. The molecule has 0 spiro atoms. The molecule has 1 fully saturated rings. The van der Waals surface area contributed by atoms with Crippen molar-refractivity contribution in [1.82, 2.24) is 4.98 Å². The molecule has 0 aliphatic heterocycles. The fourth-order valence-corrected chi connectivity index (χ4v) is 2.28. The summed E-state index contributed by atoms with van der Waals surface area (Å²) in [7, 11) is 0. The minimum atomic E-state index is 0.549. The predicted octanol–water partition coefficient (Wildman–Crippen LogP) is 2.96. The second-order valence-electron chi connectivity index (χ2n) is 4.99. The number of nitrogens with two attached hydrogens (primary N) is 1. The molecule has 16 heavy (non-hydrogen) atoms. The molecule has 0 amide bonds. The van der Waals surface area contributed by atoms with E-state index in [1.54, 1.807) is 0 Å². The van der Waals surface area contributed by atoms with Gasteiger partial charge in [0.1, 0.15) is 5.82 Å². The van der Waals surface area contributed by atoms with Gasteiger partial charge in [0.05, 0.1) is 5.69 Å². The molecule has 2 rings (SSSR count). The first-order chi connectivity index (χ1) is 7.66. The van der Waals surface area contributed by atoms with Crippen LogP contribution < -0.4 is 11.1 Å². The number of aryl methyl sites for hydroxylation is 1. The maximum atomic E-state index is 6.00. The number of rotatable bonds is 2. The van der Waals surface area contributed by atoms with Gasteiger partial charge in [-0.15, -0.1) is 0 Å². The number of nitrogen functional groups attached to an aromatic ring is 1. The van der Waals surface area contributed by atoms with E-state index < -0.39 is 0 Å². The Bertz CT molecular complexity index is 354. The fraction of sp³-hybridized carbons (Fsp3) is 0.615. The molecule has 0 bridgehead atoms. The molecule has 1 aromatic heterocycles. The van der Waals surface area contributed by atoms with Crippen LogP contribution >= 0.6 is 0 Å². The van der Waals surface area contributed by atoms with Crippen LogP contribution in [0.1, 0.15) is 38.2 Å². The lowest BCUT2D eigenvalue weighted by molar-refractivity contribution is 0.361. The average molecular weight is 219 g/mol. The monoisotopic (exact) mass is 219 g/mol. The number of anilines is 2. The Morgan fingerprint density at radius 3 is 2.69 bits per heavy atom. The summed E-state index contributed by atoms with van der Waals surface area (Å²) < 4.78 is 0. The molecule has 0 atom stereocenters. The lowest BCUT2D eigenvalue weighted by atomic mass is 9.87. The Morgan fingerprint density at radius 1 is 1.31 bits per heavy atom. The smallest absolute Gasteiger partial charge is 0.149 e. The highest BCUT2D eigenvalue weighted by Crippen LogP contribution is 2.27. The third kappa shape index (κ3) is 2.46. The SMILES string of the molecule is Cc1ccnc(NC2CCC(C)CC2)c1N. The molecule has 1 aliphatic rings. The normalized spacial score (nSPS) is 25.4. The molecule has 0 saturated heterocycles. The summed E-state index contributed by atoms with van der Waals surface area (Å²) in [5.74, 6) is 1.74. The molecule has 3 heteroatoms. The van der Waals surface area contributed by atoms with Gasteiger partial charge in [-0.25, -0.2) is 4.98 Å². The van der Waals surface area contributed by atoms with Crippen LogP contribution in [0, 0.1) is 12.8 Å².